The van der Waals surface area contributed by atoms with Gasteiger partial charge in [0, 0.05) is 29.4 Å². The average molecular weight is 366 g/mol. The normalized spacial score (nSPS) is 14.6. The molecule has 1 aromatic heterocycles. The largest absolute Gasteiger partial charge is 0.341 e. The summed E-state index contributed by atoms with van der Waals surface area (Å²) < 4.78 is 3.18. The van der Waals surface area contributed by atoms with Gasteiger partial charge in [-0.15, -0.1) is 0 Å². The molecule has 3 nitrogen and oxygen atoms in total. The highest BCUT2D eigenvalue weighted by molar-refractivity contribution is 14.1. The van der Waals surface area contributed by atoms with E-state index in [1.807, 2.05) is 23.2 Å². The zero-order valence-electron chi connectivity index (χ0n) is 10.8. The minimum atomic E-state index is 0.135. The van der Waals surface area contributed by atoms with Crippen LogP contribution in [-0.4, -0.2) is 21.9 Å². The minimum Gasteiger partial charge on any atom is -0.341 e. The molecule has 98 valence electrons. The molecule has 0 saturated heterocycles. The van der Waals surface area contributed by atoms with E-state index >= 15 is 0 Å². The second kappa shape index (κ2) is 5.00. The summed E-state index contributed by atoms with van der Waals surface area (Å²) in [7, 11) is 0. The molecule has 0 atom stereocenters. The number of carbonyl (C=O) groups excluding carboxylic acids is 1. The van der Waals surface area contributed by atoms with Gasteiger partial charge in [-0.1, -0.05) is 29.8 Å². The summed E-state index contributed by atoms with van der Waals surface area (Å²) in [6, 6.07) is 10.3. The van der Waals surface area contributed by atoms with Gasteiger partial charge in [-0.3, -0.25) is 4.79 Å². The van der Waals surface area contributed by atoms with Crippen LogP contribution in [0.2, 0.25) is 0 Å². The molecule has 1 aliphatic rings. The Balaban J connectivity index is 1.82. The van der Waals surface area contributed by atoms with Gasteiger partial charge < -0.3 is 9.47 Å². The zero-order valence-corrected chi connectivity index (χ0v) is 12.9. The van der Waals surface area contributed by atoms with Crippen molar-refractivity contribution in [3.8, 4) is 0 Å². The fourth-order valence-electron chi connectivity index (χ4n) is 2.51. The lowest BCUT2D eigenvalue weighted by molar-refractivity contribution is 0.0691. The Kier molecular flexibility index (Phi) is 3.35. The molecule has 0 aliphatic carbocycles. The standard InChI is InChI=1S/C15H15IN2O/c1-11-3-2-4-12(7-11)9-18-6-5-17-10-13(16)8-14(17)15(18)19/h2-4,7-8,10H,5-6,9H2,1H3. The van der Waals surface area contributed by atoms with Crippen molar-refractivity contribution in [2.45, 2.75) is 20.0 Å². The van der Waals surface area contributed by atoms with Crippen molar-refractivity contribution in [3.63, 3.8) is 0 Å². The molecule has 0 bridgehead atoms. The molecule has 0 unspecified atom stereocenters. The minimum absolute atomic E-state index is 0.135. The number of carbonyl (C=O) groups is 1. The van der Waals surface area contributed by atoms with E-state index in [9.17, 15) is 4.79 Å². The smallest absolute Gasteiger partial charge is 0.270 e. The van der Waals surface area contributed by atoms with Gasteiger partial charge in [0.15, 0.2) is 0 Å². The van der Waals surface area contributed by atoms with Crippen molar-refractivity contribution in [2.24, 2.45) is 0 Å². The van der Waals surface area contributed by atoms with Gasteiger partial charge in [0.1, 0.15) is 5.69 Å². The molecule has 1 aromatic carbocycles. The van der Waals surface area contributed by atoms with Crippen molar-refractivity contribution in [2.75, 3.05) is 6.54 Å². The van der Waals surface area contributed by atoms with Crippen molar-refractivity contribution in [1.29, 1.82) is 0 Å². The van der Waals surface area contributed by atoms with Gasteiger partial charge in [0.25, 0.3) is 5.91 Å². The third kappa shape index (κ3) is 2.54. The van der Waals surface area contributed by atoms with Crippen molar-refractivity contribution in [3.05, 3.63) is 56.9 Å². The van der Waals surface area contributed by atoms with Gasteiger partial charge >= 0.3 is 0 Å². The number of hydrogen-bond donors (Lipinski definition) is 0. The van der Waals surface area contributed by atoms with Crippen LogP contribution in [0.1, 0.15) is 21.6 Å². The van der Waals surface area contributed by atoms with Gasteiger partial charge in [-0.25, -0.2) is 0 Å². The molecule has 3 rings (SSSR count). The Morgan fingerprint density at radius 2 is 2.11 bits per heavy atom. The van der Waals surface area contributed by atoms with Crippen LogP contribution in [0.25, 0.3) is 0 Å². The summed E-state index contributed by atoms with van der Waals surface area (Å²) >= 11 is 2.25. The first-order valence-corrected chi connectivity index (χ1v) is 7.42. The first-order chi connectivity index (χ1) is 9.13. The highest BCUT2D eigenvalue weighted by Crippen LogP contribution is 2.19. The molecule has 0 N–H and O–H groups in total. The van der Waals surface area contributed by atoms with E-state index in [1.165, 1.54) is 11.1 Å². The van der Waals surface area contributed by atoms with E-state index in [1.54, 1.807) is 0 Å². The van der Waals surface area contributed by atoms with Crippen LogP contribution in [-0.2, 0) is 13.1 Å². The Hall–Kier alpha value is -1.30. The highest BCUT2D eigenvalue weighted by Gasteiger charge is 2.24. The third-order valence-electron chi connectivity index (χ3n) is 3.44. The molecule has 1 amide bonds. The number of amides is 1. The van der Waals surface area contributed by atoms with Crippen LogP contribution in [0.4, 0.5) is 0 Å². The highest BCUT2D eigenvalue weighted by atomic mass is 127. The predicted molar refractivity (Wildman–Crippen MR) is 83.1 cm³/mol. The molecule has 4 heteroatoms. The molecular formula is C15H15IN2O. The predicted octanol–water partition coefficient (Wildman–Crippen LogP) is 3.06. The van der Waals surface area contributed by atoms with Gasteiger partial charge in [0.2, 0.25) is 0 Å². The van der Waals surface area contributed by atoms with E-state index in [0.717, 1.165) is 22.4 Å². The summed E-state index contributed by atoms with van der Waals surface area (Å²) in [5, 5.41) is 0. The first-order valence-electron chi connectivity index (χ1n) is 6.34. The number of nitrogens with zero attached hydrogens (tertiary/aromatic N) is 2. The van der Waals surface area contributed by atoms with Crippen molar-refractivity contribution in [1.82, 2.24) is 9.47 Å². The first kappa shape index (κ1) is 12.7. The maximum absolute atomic E-state index is 12.4. The summed E-state index contributed by atoms with van der Waals surface area (Å²) in [4.78, 5) is 14.4. The summed E-state index contributed by atoms with van der Waals surface area (Å²) in [5.74, 6) is 0.135. The van der Waals surface area contributed by atoms with Crippen LogP contribution >= 0.6 is 22.6 Å². The van der Waals surface area contributed by atoms with E-state index < -0.39 is 0 Å². The number of aromatic nitrogens is 1. The molecule has 0 fully saturated rings. The second-order valence-electron chi connectivity index (χ2n) is 4.95. The third-order valence-corrected chi connectivity index (χ3v) is 4.03. The van der Waals surface area contributed by atoms with Crippen LogP contribution in [0.3, 0.4) is 0 Å². The van der Waals surface area contributed by atoms with E-state index in [2.05, 4.69) is 52.3 Å². The molecule has 19 heavy (non-hydrogen) atoms. The molecular weight excluding hydrogens is 351 g/mol. The van der Waals surface area contributed by atoms with Crippen LogP contribution in [0.15, 0.2) is 36.5 Å². The number of benzene rings is 1. The maximum atomic E-state index is 12.4. The molecule has 0 radical (unpaired) electrons. The molecule has 2 aromatic rings. The number of halogens is 1. The summed E-state index contributed by atoms with van der Waals surface area (Å²) in [6.07, 6.45) is 2.04. The van der Waals surface area contributed by atoms with Gasteiger partial charge in [-0.2, -0.15) is 0 Å². The van der Waals surface area contributed by atoms with Crippen LogP contribution < -0.4 is 0 Å². The molecule has 0 saturated carbocycles. The molecule has 2 heterocycles. The lowest BCUT2D eigenvalue weighted by Crippen LogP contribution is -2.39. The fraction of sp³-hybridized carbons (Fsp3) is 0.267. The Bertz CT molecular complexity index is 633. The van der Waals surface area contributed by atoms with E-state index in [-0.39, 0.29) is 5.91 Å². The van der Waals surface area contributed by atoms with Gasteiger partial charge in [0.05, 0.1) is 0 Å². The lowest BCUT2D eigenvalue weighted by atomic mass is 10.1. The van der Waals surface area contributed by atoms with Crippen molar-refractivity contribution >= 4 is 28.5 Å². The monoisotopic (exact) mass is 366 g/mol. The quantitative estimate of drug-likeness (QED) is 0.750. The Morgan fingerprint density at radius 3 is 2.89 bits per heavy atom. The number of fused-ring (bicyclic) bond motifs is 1. The zero-order chi connectivity index (χ0) is 13.4. The summed E-state index contributed by atoms with van der Waals surface area (Å²) in [5.41, 5.74) is 3.24. The fourth-order valence-corrected chi connectivity index (χ4v) is 3.14. The van der Waals surface area contributed by atoms with Crippen molar-refractivity contribution < 1.29 is 4.79 Å². The topological polar surface area (TPSA) is 25.2 Å². The average Bonchev–Trinajstić information content (AvgIpc) is 2.75. The lowest BCUT2D eigenvalue weighted by Gasteiger charge is -2.28. The van der Waals surface area contributed by atoms with E-state index in [0.29, 0.717) is 6.54 Å². The Morgan fingerprint density at radius 1 is 1.26 bits per heavy atom. The number of aryl methyl sites for hydroxylation is 1. The van der Waals surface area contributed by atoms with Crippen LogP contribution in [0, 0.1) is 10.5 Å². The molecule has 0 spiro atoms. The maximum Gasteiger partial charge on any atom is 0.270 e. The number of rotatable bonds is 2. The SMILES string of the molecule is Cc1cccc(CN2CCn3cc(I)cc3C2=O)c1. The molecule has 1 aliphatic heterocycles. The second-order valence-corrected chi connectivity index (χ2v) is 6.20. The number of hydrogen-bond acceptors (Lipinski definition) is 1. The van der Waals surface area contributed by atoms with Crippen LogP contribution in [0.5, 0.6) is 0 Å². The summed E-state index contributed by atoms with van der Waals surface area (Å²) in [6.45, 7) is 4.44. The van der Waals surface area contributed by atoms with E-state index in [4.69, 9.17) is 0 Å². The Labute approximate surface area is 126 Å². The van der Waals surface area contributed by atoms with Gasteiger partial charge in [-0.05, 0) is 41.1 Å².